The molecule has 11 nitrogen and oxygen atoms in total. The van der Waals surface area contributed by atoms with E-state index >= 15 is 0 Å². The second-order valence-corrected chi connectivity index (χ2v) is 7.68. The molecule has 140 valence electrons. The Morgan fingerprint density at radius 2 is 1.73 bits per heavy atom. The number of aromatic nitrogens is 5. The molecule has 14 heteroatoms. The number of sulfonamides is 1. The Labute approximate surface area is 158 Å². The lowest BCUT2D eigenvalue weighted by Crippen LogP contribution is -2.35. The number of aryl methyl sites for hydroxylation is 1. The van der Waals surface area contributed by atoms with Crippen molar-refractivity contribution in [3.05, 3.63) is 12.2 Å². The first-order chi connectivity index (χ1) is 12.3. The zero-order valence-electron chi connectivity index (χ0n) is 14.2. The van der Waals surface area contributed by atoms with E-state index in [0.717, 1.165) is 23.5 Å². The minimum absolute atomic E-state index is 0.0125. The molecule has 0 saturated heterocycles. The van der Waals surface area contributed by atoms with E-state index in [1.807, 2.05) is 4.72 Å². The van der Waals surface area contributed by atoms with Gasteiger partial charge in [-0.3, -0.25) is 5.32 Å². The standard InChI is InChI=1S/C12H15N7O4S3/c1-6-15-10(18-12(16-6)23-2)17-11(20)19-26(21,22)7-8(24-3)13-5-14-9(7)25-4/h5H,1-4H3,(H2,15,16,17,18,19,20). The predicted molar refractivity (Wildman–Crippen MR) is 96.1 cm³/mol. The van der Waals surface area contributed by atoms with Crippen molar-refractivity contribution in [3.63, 3.8) is 0 Å². The molecule has 0 atom stereocenters. The first kappa shape index (κ1) is 20.1. The number of anilines is 1. The number of ether oxygens (including phenoxy) is 1. The minimum atomic E-state index is -4.22. The number of carbonyl (C=O) groups is 1. The van der Waals surface area contributed by atoms with Crippen LogP contribution in [0.25, 0.3) is 0 Å². The SMILES string of the molecule is COc1nc(C)nc(NC(=O)NS(=O)(=O)c2c(SC)ncnc2SC)n1. The van der Waals surface area contributed by atoms with Gasteiger partial charge in [0, 0.05) is 0 Å². The summed E-state index contributed by atoms with van der Waals surface area (Å²) in [4.78, 5) is 31.4. The van der Waals surface area contributed by atoms with Crippen molar-refractivity contribution >= 4 is 45.5 Å². The third kappa shape index (κ3) is 4.70. The summed E-state index contributed by atoms with van der Waals surface area (Å²) in [6.07, 6.45) is 4.60. The second-order valence-electron chi connectivity index (χ2n) is 4.47. The fraction of sp³-hybridized carbons (Fsp3) is 0.333. The topological polar surface area (TPSA) is 149 Å². The van der Waals surface area contributed by atoms with E-state index in [2.05, 4.69) is 30.2 Å². The molecule has 0 unspecified atom stereocenters. The van der Waals surface area contributed by atoms with E-state index in [9.17, 15) is 13.2 Å². The number of carbonyl (C=O) groups excluding carboxylic acids is 1. The summed E-state index contributed by atoms with van der Waals surface area (Å²) in [7, 11) is -2.87. The van der Waals surface area contributed by atoms with Crippen LogP contribution in [0, 0.1) is 6.92 Å². The molecule has 26 heavy (non-hydrogen) atoms. The highest BCUT2D eigenvalue weighted by molar-refractivity contribution is 8.00. The van der Waals surface area contributed by atoms with Crippen LogP contribution in [-0.4, -0.2) is 59.0 Å². The maximum atomic E-state index is 12.6. The Kier molecular flexibility index (Phi) is 6.55. The highest BCUT2D eigenvalue weighted by Gasteiger charge is 2.27. The van der Waals surface area contributed by atoms with Gasteiger partial charge in [0.1, 0.15) is 22.2 Å². The lowest BCUT2D eigenvalue weighted by atomic mass is 10.7. The first-order valence-corrected chi connectivity index (χ1v) is 10.8. The molecule has 2 rings (SSSR count). The van der Waals surface area contributed by atoms with Gasteiger partial charge in [0.2, 0.25) is 5.95 Å². The fourth-order valence-electron chi connectivity index (χ4n) is 1.77. The van der Waals surface area contributed by atoms with Crippen molar-refractivity contribution in [3.8, 4) is 6.01 Å². The van der Waals surface area contributed by atoms with Crippen molar-refractivity contribution in [2.75, 3.05) is 24.9 Å². The number of amides is 2. The van der Waals surface area contributed by atoms with Crippen molar-refractivity contribution in [1.82, 2.24) is 29.6 Å². The van der Waals surface area contributed by atoms with Gasteiger partial charge in [-0.15, -0.1) is 23.5 Å². The number of hydrogen-bond acceptors (Lipinski definition) is 11. The Bertz CT molecular complexity index is 901. The summed E-state index contributed by atoms with van der Waals surface area (Å²) in [5.41, 5.74) is 0. The van der Waals surface area contributed by atoms with Gasteiger partial charge in [-0.1, -0.05) is 0 Å². The molecule has 0 aliphatic heterocycles. The van der Waals surface area contributed by atoms with Crippen LogP contribution in [0.3, 0.4) is 0 Å². The summed E-state index contributed by atoms with van der Waals surface area (Å²) < 4.78 is 32.0. The van der Waals surface area contributed by atoms with Crippen LogP contribution in [-0.2, 0) is 10.0 Å². The fourth-order valence-corrected chi connectivity index (χ4v) is 4.82. The van der Waals surface area contributed by atoms with Gasteiger partial charge >= 0.3 is 12.0 Å². The van der Waals surface area contributed by atoms with Crippen LogP contribution in [0.2, 0.25) is 0 Å². The lowest BCUT2D eigenvalue weighted by Gasteiger charge is -2.12. The van der Waals surface area contributed by atoms with Crippen LogP contribution >= 0.6 is 23.5 Å². The molecule has 0 radical (unpaired) electrons. The van der Waals surface area contributed by atoms with Crippen LogP contribution in [0.15, 0.2) is 21.3 Å². The number of rotatable bonds is 6. The number of thioether (sulfide) groups is 2. The highest BCUT2D eigenvalue weighted by atomic mass is 32.2. The van der Waals surface area contributed by atoms with E-state index in [4.69, 9.17) is 4.74 Å². The Hall–Kier alpha value is -2.19. The highest BCUT2D eigenvalue weighted by Crippen LogP contribution is 2.29. The third-order valence-electron chi connectivity index (χ3n) is 2.76. The van der Waals surface area contributed by atoms with E-state index < -0.39 is 16.1 Å². The average Bonchev–Trinajstić information content (AvgIpc) is 2.59. The van der Waals surface area contributed by atoms with Crippen LogP contribution in [0.1, 0.15) is 5.82 Å². The number of nitrogens with zero attached hydrogens (tertiary/aromatic N) is 5. The Morgan fingerprint density at radius 1 is 1.12 bits per heavy atom. The third-order valence-corrected chi connectivity index (χ3v) is 5.78. The molecule has 2 aromatic rings. The summed E-state index contributed by atoms with van der Waals surface area (Å²) in [5.74, 6) is 0.141. The quantitative estimate of drug-likeness (QED) is 0.510. The molecular weight excluding hydrogens is 402 g/mol. The van der Waals surface area contributed by atoms with Gasteiger partial charge in [-0.25, -0.2) is 27.9 Å². The predicted octanol–water partition coefficient (Wildman–Crippen LogP) is 0.933. The van der Waals surface area contributed by atoms with Gasteiger partial charge in [-0.05, 0) is 19.4 Å². The molecule has 0 saturated carbocycles. The monoisotopic (exact) mass is 417 g/mol. The molecule has 2 N–H and O–H groups in total. The molecule has 0 aliphatic rings. The van der Waals surface area contributed by atoms with Gasteiger partial charge in [0.25, 0.3) is 10.0 Å². The molecule has 0 spiro atoms. The van der Waals surface area contributed by atoms with Crippen molar-refractivity contribution in [2.24, 2.45) is 0 Å². The van der Waals surface area contributed by atoms with Gasteiger partial charge in [-0.2, -0.15) is 15.0 Å². The van der Waals surface area contributed by atoms with Gasteiger partial charge in [0.15, 0.2) is 4.90 Å². The van der Waals surface area contributed by atoms with E-state index in [1.54, 1.807) is 19.4 Å². The molecule has 2 heterocycles. The van der Waals surface area contributed by atoms with Crippen molar-refractivity contribution in [2.45, 2.75) is 21.9 Å². The Balaban J connectivity index is 2.27. The molecule has 0 aromatic carbocycles. The maximum absolute atomic E-state index is 12.6. The summed E-state index contributed by atoms with van der Waals surface area (Å²) >= 11 is 2.25. The largest absolute Gasteiger partial charge is 0.467 e. The zero-order chi connectivity index (χ0) is 19.3. The number of hydrogen-bond donors (Lipinski definition) is 2. The smallest absolute Gasteiger partial charge is 0.335 e. The van der Waals surface area contributed by atoms with E-state index in [1.165, 1.54) is 13.4 Å². The first-order valence-electron chi connectivity index (χ1n) is 6.84. The maximum Gasteiger partial charge on any atom is 0.335 e. The van der Waals surface area contributed by atoms with Crippen molar-refractivity contribution < 1.29 is 17.9 Å². The molecule has 2 aromatic heterocycles. The van der Waals surface area contributed by atoms with E-state index in [0.29, 0.717) is 5.82 Å². The van der Waals surface area contributed by atoms with Gasteiger partial charge < -0.3 is 4.74 Å². The lowest BCUT2D eigenvalue weighted by molar-refractivity contribution is 0.256. The average molecular weight is 417 g/mol. The zero-order valence-corrected chi connectivity index (χ0v) is 16.6. The summed E-state index contributed by atoms with van der Waals surface area (Å²) in [6, 6.07) is -1.05. The molecular formula is C12H15N7O4S3. The minimum Gasteiger partial charge on any atom is -0.467 e. The summed E-state index contributed by atoms with van der Waals surface area (Å²) in [5, 5.41) is 2.68. The van der Waals surface area contributed by atoms with Crippen LogP contribution in [0.4, 0.5) is 10.7 Å². The molecule has 0 bridgehead atoms. The second kappa shape index (κ2) is 8.46. The molecule has 2 amide bonds. The normalized spacial score (nSPS) is 11.1. The van der Waals surface area contributed by atoms with Gasteiger partial charge in [0.05, 0.1) is 7.11 Å². The van der Waals surface area contributed by atoms with E-state index in [-0.39, 0.29) is 26.9 Å². The summed E-state index contributed by atoms with van der Waals surface area (Å²) in [6.45, 7) is 1.57. The Morgan fingerprint density at radius 3 is 2.27 bits per heavy atom. The number of urea groups is 1. The van der Waals surface area contributed by atoms with Crippen molar-refractivity contribution in [1.29, 1.82) is 0 Å². The molecule has 0 aliphatic carbocycles. The number of methoxy groups -OCH3 is 1. The molecule has 0 fully saturated rings. The van der Waals surface area contributed by atoms with Crippen LogP contribution in [0.5, 0.6) is 6.01 Å². The van der Waals surface area contributed by atoms with Crippen LogP contribution < -0.4 is 14.8 Å². The number of nitrogens with one attached hydrogen (secondary N) is 2.